The van der Waals surface area contributed by atoms with Gasteiger partial charge in [-0.1, -0.05) is 6.07 Å². The smallest absolute Gasteiger partial charge is 0.338 e. The lowest BCUT2D eigenvalue weighted by Crippen LogP contribution is -2.11. The van der Waals surface area contributed by atoms with Crippen LogP contribution >= 0.6 is 0 Å². The van der Waals surface area contributed by atoms with Crippen LogP contribution in [0.1, 0.15) is 23.7 Å². The molecule has 0 saturated carbocycles. The SMILES string of the molecule is CCOC(=O)c1cccc(OCCCNC)c1. The fourth-order valence-electron chi connectivity index (χ4n) is 1.37. The van der Waals surface area contributed by atoms with Crippen LogP contribution in [-0.2, 0) is 4.74 Å². The molecule has 1 N–H and O–H groups in total. The summed E-state index contributed by atoms with van der Waals surface area (Å²) in [5, 5.41) is 3.05. The number of hydrogen-bond acceptors (Lipinski definition) is 4. The van der Waals surface area contributed by atoms with Gasteiger partial charge in [-0.2, -0.15) is 0 Å². The number of carbonyl (C=O) groups is 1. The summed E-state index contributed by atoms with van der Waals surface area (Å²) >= 11 is 0. The molecule has 0 heterocycles. The number of nitrogens with one attached hydrogen (secondary N) is 1. The highest BCUT2D eigenvalue weighted by atomic mass is 16.5. The molecule has 4 nitrogen and oxygen atoms in total. The zero-order chi connectivity index (χ0) is 12.5. The predicted octanol–water partition coefficient (Wildman–Crippen LogP) is 1.85. The summed E-state index contributed by atoms with van der Waals surface area (Å²) in [7, 11) is 1.90. The summed E-state index contributed by atoms with van der Waals surface area (Å²) in [6.07, 6.45) is 0.931. The van der Waals surface area contributed by atoms with Gasteiger partial charge in [-0.3, -0.25) is 0 Å². The molecule has 1 rings (SSSR count). The van der Waals surface area contributed by atoms with Crippen molar-refractivity contribution in [3.05, 3.63) is 29.8 Å². The van der Waals surface area contributed by atoms with Crippen molar-refractivity contribution in [2.24, 2.45) is 0 Å². The molecule has 0 aliphatic heterocycles. The first-order valence-corrected chi connectivity index (χ1v) is 5.82. The largest absolute Gasteiger partial charge is 0.494 e. The molecule has 0 fully saturated rings. The maximum absolute atomic E-state index is 11.5. The summed E-state index contributed by atoms with van der Waals surface area (Å²) in [6, 6.07) is 7.05. The lowest BCUT2D eigenvalue weighted by molar-refractivity contribution is 0.0526. The van der Waals surface area contributed by atoms with Gasteiger partial charge in [0.2, 0.25) is 0 Å². The summed E-state index contributed by atoms with van der Waals surface area (Å²) in [5.74, 6) is 0.389. The van der Waals surface area contributed by atoms with E-state index in [0.717, 1.165) is 13.0 Å². The zero-order valence-corrected chi connectivity index (χ0v) is 10.4. The Kier molecular flexibility index (Phi) is 6.10. The minimum absolute atomic E-state index is 0.312. The first kappa shape index (κ1) is 13.5. The van der Waals surface area contributed by atoms with E-state index in [4.69, 9.17) is 9.47 Å². The molecule has 1 aromatic carbocycles. The van der Waals surface area contributed by atoms with Gasteiger partial charge in [-0.25, -0.2) is 4.79 Å². The van der Waals surface area contributed by atoms with E-state index in [1.54, 1.807) is 25.1 Å². The number of rotatable bonds is 7. The van der Waals surface area contributed by atoms with E-state index in [1.807, 2.05) is 13.1 Å². The van der Waals surface area contributed by atoms with Gasteiger partial charge in [0.15, 0.2) is 0 Å². The highest BCUT2D eigenvalue weighted by Crippen LogP contribution is 2.14. The monoisotopic (exact) mass is 237 g/mol. The van der Waals surface area contributed by atoms with Crippen LogP contribution in [-0.4, -0.2) is 32.8 Å². The van der Waals surface area contributed by atoms with Gasteiger partial charge in [0.05, 0.1) is 18.8 Å². The molecular formula is C13H19NO3. The van der Waals surface area contributed by atoms with Crippen molar-refractivity contribution < 1.29 is 14.3 Å². The van der Waals surface area contributed by atoms with E-state index >= 15 is 0 Å². The Labute approximate surface area is 102 Å². The third-order valence-corrected chi connectivity index (χ3v) is 2.19. The van der Waals surface area contributed by atoms with E-state index in [-0.39, 0.29) is 5.97 Å². The first-order chi connectivity index (χ1) is 8.27. The van der Waals surface area contributed by atoms with Crippen LogP contribution in [0.25, 0.3) is 0 Å². The Morgan fingerprint density at radius 1 is 1.41 bits per heavy atom. The summed E-state index contributed by atoms with van der Waals surface area (Å²) in [4.78, 5) is 11.5. The summed E-state index contributed by atoms with van der Waals surface area (Å²) < 4.78 is 10.5. The van der Waals surface area contributed by atoms with E-state index < -0.39 is 0 Å². The molecule has 94 valence electrons. The van der Waals surface area contributed by atoms with Crippen molar-refractivity contribution in [1.29, 1.82) is 0 Å². The fourth-order valence-corrected chi connectivity index (χ4v) is 1.37. The zero-order valence-electron chi connectivity index (χ0n) is 10.4. The lowest BCUT2D eigenvalue weighted by Gasteiger charge is -2.07. The predicted molar refractivity (Wildman–Crippen MR) is 66.4 cm³/mol. The third-order valence-electron chi connectivity index (χ3n) is 2.19. The molecule has 4 heteroatoms. The fraction of sp³-hybridized carbons (Fsp3) is 0.462. The van der Waals surface area contributed by atoms with Crippen LogP contribution < -0.4 is 10.1 Å². The van der Waals surface area contributed by atoms with Crippen LogP contribution in [0.2, 0.25) is 0 Å². The highest BCUT2D eigenvalue weighted by molar-refractivity contribution is 5.89. The average molecular weight is 237 g/mol. The minimum Gasteiger partial charge on any atom is -0.494 e. The Morgan fingerprint density at radius 3 is 2.94 bits per heavy atom. The van der Waals surface area contributed by atoms with Gasteiger partial charge < -0.3 is 14.8 Å². The van der Waals surface area contributed by atoms with Crippen molar-refractivity contribution in [1.82, 2.24) is 5.32 Å². The number of carbonyl (C=O) groups excluding carboxylic acids is 1. The van der Waals surface area contributed by atoms with Crippen LogP contribution in [0.3, 0.4) is 0 Å². The molecular weight excluding hydrogens is 218 g/mol. The summed E-state index contributed by atoms with van der Waals surface area (Å²) in [6.45, 7) is 3.72. The number of benzene rings is 1. The van der Waals surface area contributed by atoms with E-state index in [1.165, 1.54) is 0 Å². The molecule has 17 heavy (non-hydrogen) atoms. The number of esters is 1. The van der Waals surface area contributed by atoms with E-state index in [9.17, 15) is 4.79 Å². The van der Waals surface area contributed by atoms with Crippen LogP contribution in [0.15, 0.2) is 24.3 Å². The van der Waals surface area contributed by atoms with Gasteiger partial charge in [-0.05, 0) is 45.1 Å². The Hall–Kier alpha value is -1.55. The molecule has 0 aliphatic rings. The molecule has 0 radical (unpaired) electrons. The van der Waals surface area contributed by atoms with E-state index in [2.05, 4.69) is 5.32 Å². The van der Waals surface area contributed by atoms with Crippen molar-refractivity contribution in [3.63, 3.8) is 0 Å². The number of ether oxygens (including phenoxy) is 2. The van der Waals surface area contributed by atoms with Crippen LogP contribution in [0.5, 0.6) is 5.75 Å². The normalized spacial score (nSPS) is 10.0. The Balaban J connectivity index is 2.50. The molecule has 0 atom stereocenters. The van der Waals surface area contributed by atoms with Crippen LogP contribution in [0, 0.1) is 0 Å². The highest BCUT2D eigenvalue weighted by Gasteiger charge is 2.06. The second-order valence-electron chi connectivity index (χ2n) is 3.55. The first-order valence-electron chi connectivity index (χ1n) is 5.82. The lowest BCUT2D eigenvalue weighted by atomic mass is 10.2. The molecule has 0 saturated heterocycles. The van der Waals surface area contributed by atoms with Crippen molar-refractivity contribution in [2.75, 3.05) is 26.8 Å². The second-order valence-corrected chi connectivity index (χ2v) is 3.55. The third kappa shape index (κ3) is 4.87. The molecule has 0 bridgehead atoms. The van der Waals surface area contributed by atoms with Crippen LogP contribution in [0.4, 0.5) is 0 Å². The quantitative estimate of drug-likeness (QED) is 0.581. The Bertz CT molecular complexity index is 352. The molecule has 0 amide bonds. The standard InChI is InChI=1S/C13H19NO3/c1-3-16-13(15)11-6-4-7-12(10-11)17-9-5-8-14-2/h4,6-7,10,14H,3,5,8-9H2,1-2H3. The second kappa shape index (κ2) is 7.68. The number of hydrogen-bond donors (Lipinski definition) is 1. The molecule has 0 aliphatic carbocycles. The molecule has 1 aromatic rings. The minimum atomic E-state index is -0.312. The molecule has 0 aromatic heterocycles. The van der Waals surface area contributed by atoms with Gasteiger partial charge in [-0.15, -0.1) is 0 Å². The van der Waals surface area contributed by atoms with Gasteiger partial charge in [0.1, 0.15) is 5.75 Å². The molecule has 0 unspecified atom stereocenters. The van der Waals surface area contributed by atoms with Gasteiger partial charge >= 0.3 is 5.97 Å². The maximum atomic E-state index is 11.5. The molecule has 0 spiro atoms. The van der Waals surface area contributed by atoms with Gasteiger partial charge in [0.25, 0.3) is 0 Å². The Morgan fingerprint density at radius 2 is 2.24 bits per heavy atom. The van der Waals surface area contributed by atoms with E-state index in [0.29, 0.717) is 24.5 Å². The van der Waals surface area contributed by atoms with Crippen molar-refractivity contribution >= 4 is 5.97 Å². The topological polar surface area (TPSA) is 47.6 Å². The van der Waals surface area contributed by atoms with Crippen molar-refractivity contribution in [2.45, 2.75) is 13.3 Å². The maximum Gasteiger partial charge on any atom is 0.338 e. The summed E-state index contributed by atoms with van der Waals surface area (Å²) in [5.41, 5.74) is 0.526. The average Bonchev–Trinajstić information content (AvgIpc) is 2.35. The van der Waals surface area contributed by atoms with Gasteiger partial charge in [0, 0.05) is 0 Å². The van der Waals surface area contributed by atoms with Crippen molar-refractivity contribution in [3.8, 4) is 5.75 Å².